The lowest BCUT2D eigenvalue weighted by molar-refractivity contribution is 0.315. The van der Waals surface area contributed by atoms with Crippen LogP contribution >= 0.6 is 0 Å². The summed E-state index contributed by atoms with van der Waals surface area (Å²) in [4.78, 5) is 8.93. The maximum atomic E-state index is 5.60. The minimum atomic E-state index is 0.513. The smallest absolute Gasteiger partial charge is 0.0560 e. The van der Waals surface area contributed by atoms with Crippen LogP contribution in [0.25, 0.3) is 0 Å². The third kappa shape index (κ3) is 2.33. The lowest BCUT2D eigenvalue weighted by Crippen LogP contribution is -2.31. The van der Waals surface area contributed by atoms with Gasteiger partial charge < -0.3 is 15.5 Å². The molecule has 16 heavy (non-hydrogen) atoms. The average Bonchev–Trinajstić information content (AvgIpc) is 2.78. The third-order valence-electron chi connectivity index (χ3n) is 3.27. The van der Waals surface area contributed by atoms with Gasteiger partial charge >= 0.3 is 0 Å². The summed E-state index contributed by atoms with van der Waals surface area (Å²) in [6.07, 6.45) is 3.08. The van der Waals surface area contributed by atoms with Crippen molar-refractivity contribution in [2.75, 3.05) is 32.1 Å². The van der Waals surface area contributed by atoms with Crippen LogP contribution in [0.5, 0.6) is 0 Å². The fourth-order valence-electron chi connectivity index (χ4n) is 2.17. The molecule has 0 bridgehead atoms. The van der Waals surface area contributed by atoms with Crippen molar-refractivity contribution in [2.24, 2.45) is 5.73 Å². The monoisotopic (exact) mass is 220 g/mol. The van der Waals surface area contributed by atoms with E-state index in [0.717, 1.165) is 18.8 Å². The maximum Gasteiger partial charge on any atom is 0.0560 e. The first-order chi connectivity index (χ1) is 7.70. The molecule has 2 rings (SSSR count). The summed E-state index contributed by atoms with van der Waals surface area (Å²) in [6.45, 7) is 2.73. The largest absolute Gasteiger partial charge is 0.370 e. The molecule has 0 amide bonds. The van der Waals surface area contributed by atoms with Gasteiger partial charge in [0, 0.05) is 37.6 Å². The first-order valence-electron chi connectivity index (χ1n) is 5.77. The van der Waals surface area contributed by atoms with Crippen molar-refractivity contribution in [1.29, 1.82) is 0 Å². The molecule has 4 nitrogen and oxygen atoms in total. The van der Waals surface area contributed by atoms with E-state index in [9.17, 15) is 0 Å². The molecule has 4 heteroatoms. The second kappa shape index (κ2) is 4.80. The number of aromatic nitrogens is 1. The molecule has 2 N–H and O–H groups in total. The molecule has 1 saturated heterocycles. The Morgan fingerprint density at radius 3 is 3.00 bits per heavy atom. The second-order valence-electron chi connectivity index (χ2n) is 4.56. The summed E-state index contributed by atoms with van der Waals surface area (Å²) in [5.41, 5.74) is 7.82. The first kappa shape index (κ1) is 11.4. The van der Waals surface area contributed by atoms with Crippen LogP contribution in [0.1, 0.15) is 12.1 Å². The van der Waals surface area contributed by atoms with Crippen LogP contribution in [0.3, 0.4) is 0 Å². The van der Waals surface area contributed by atoms with Crippen molar-refractivity contribution in [3.63, 3.8) is 0 Å². The fraction of sp³-hybridized carbons (Fsp3) is 0.583. The highest BCUT2D eigenvalue weighted by atomic mass is 15.2. The summed E-state index contributed by atoms with van der Waals surface area (Å²) in [6, 6.07) is 4.82. The Labute approximate surface area is 97.1 Å². The molecule has 0 spiro atoms. The van der Waals surface area contributed by atoms with E-state index in [1.165, 1.54) is 12.1 Å². The molecule has 0 radical (unpaired) electrons. The predicted molar refractivity (Wildman–Crippen MR) is 66.4 cm³/mol. The van der Waals surface area contributed by atoms with Crippen LogP contribution in [0.2, 0.25) is 0 Å². The summed E-state index contributed by atoms with van der Waals surface area (Å²) in [5.74, 6) is 0. The standard InChI is InChI=1S/C12H20N4/c1-15(2)12-4-6-16(9-12)11-3-5-14-10(7-11)8-13/h3,5,7,12H,4,6,8-9,13H2,1-2H3. The molecular formula is C12H20N4. The quantitative estimate of drug-likeness (QED) is 0.813. The Morgan fingerprint density at radius 2 is 2.38 bits per heavy atom. The summed E-state index contributed by atoms with van der Waals surface area (Å²) in [7, 11) is 4.29. The minimum Gasteiger partial charge on any atom is -0.370 e. The van der Waals surface area contributed by atoms with E-state index in [2.05, 4.69) is 41.0 Å². The van der Waals surface area contributed by atoms with Gasteiger partial charge in [-0.25, -0.2) is 0 Å². The van der Waals surface area contributed by atoms with E-state index in [-0.39, 0.29) is 0 Å². The summed E-state index contributed by atoms with van der Waals surface area (Å²) < 4.78 is 0. The van der Waals surface area contributed by atoms with Crippen LogP contribution in [-0.4, -0.2) is 43.1 Å². The van der Waals surface area contributed by atoms with Gasteiger partial charge in [-0.1, -0.05) is 0 Å². The van der Waals surface area contributed by atoms with Crippen molar-refractivity contribution >= 4 is 5.69 Å². The Balaban J connectivity index is 2.08. The number of likely N-dealkylation sites (N-methyl/N-ethyl adjacent to an activating group) is 1. The Morgan fingerprint density at radius 1 is 1.56 bits per heavy atom. The van der Waals surface area contributed by atoms with E-state index in [1.807, 2.05) is 6.20 Å². The molecule has 1 unspecified atom stereocenters. The van der Waals surface area contributed by atoms with Crippen molar-refractivity contribution in [3.05, 3.63) is 24.0 Å². The zero-order valence-electron chi connectivity index (χ0n) is 10.1. The van der Waals surface area contributed by atoms with Crippen molar-refractivity contribution < 1.29 is 0 Å². The molecule has 1 aliphatic rings. The van der Waals surface area contributed by atoms with Crippen LogP contribution in [0.15, 0.2) is 18.3 Å². The summed E-state index contributed by atoms with van der Waals surface area (Å²) in [5, 5.41) is 0. The van der Waals surface area contributed by atoms with Crippen molar-refractivity contribution in [1.82, 2.24) is 9.88 Å². The van der Waals surface area contributed by atoms with Gasteiger partial charge in [-0.3, -0.25) is 4.98 Å². The average molecular weight is 220 g/mol. The van der Waals surface area contributed by atoms with Gasteiger partial charge in [-0.2, -0.15) is 0 Å². The highest BCUT2D eigenvalue weighted by molar-refractivity contribution is 5.47. The predicted octanol–water partition coefficient (Wildman–Crippen LogP) is 0.681. The Bertz CT molecular complexity index is 351. The topological polar surface area (TPSA) is 45.4 Å². The molecule has 0 aliphatic carbocycles. The van der Waals surface area contributed by atoms with Crippen LogP contribution in [0.4, 0.5) is 5.69 Å². The first-order valence-corrected chi connectivity index (χ1v) is 5.77. The number of rotatable bonds is 3. The summed E-state index contributed by atoms with van der Waals surface area (Å²) >= 11 is 0. The number of nitrogens with zero attached hydrogens (tertiary/aromatic N) is 3. The Kier molecular flexibility index (Phi) is 3.41. The molecule has 1 fully saturated rings. The fourth-order valence-corrected chi connectivity index (χ4v) is 2.17. The van der Waals surface area contributed by atoms with Gasteiger partial charge in [0.1, 0.15) is 0 Å². The molecule has 0 aromatic carbocycles. The highest BCUT2D eigenvalue weighted by Gasteiger charge is 2.24. The van der Waals surface area contributed by atoms with E-state index in [1.54, 1.807) is 0 Å². The van der Waals surface area contributed by atoms with E-state index < -0.39 is 0 Å². The zero-order valence-corrected chi connectivity index (χ0v) is 10.1. The molecule has 1 aromatic heterocycles. The van der Waals surface area contributed by atoms with Gasteiger partial charge in [0.2, 0.25) is 0 Å². The lowest BCUT2D eigenvalue weighted by Gasteiger charge is -2.22. The van der Waals surface area contributed by atoms with Crippen molar-refractivity contribution in [3.8, 4) is 0 Å². The zero-order chi connectivity index (χ0) is 11.5. The van der Waals surface area contributed by atoms with Gasteiger partial charge in [-0.05, 0) is 32.6 Å². The van der Waals surface area contributed by atoms with Gasteiger partial charge in [0.25, 0.3) is 0 Å². The van der Waals surface area contributed by atoms with Crippen LogP contribution < -0.4 is 10.6 Å². The number of anilines is 1. The van der Waals surface area contributed by atoms with Crippen molar-refractivity contribution in [2.45, 2.75) is 19.0 Å². The normalized spacial score (nSPS) is 20.8. The molecule has 0 saturated carbocycles. The molecule has 1 aromatic rings. The lowest BCUT2D eigenvalue weighted by atomic mass is 10.2. The van der Waals surface area contributed by atoms with Crippen LogP contribution in [-0.2, 0) is 6.54 Å². The molecule has 1 atom stereocenters. The van der Waals surface area contributed by atoms with Gasteiger partial charge in [0.05, 0.1) is 5.69 Å². The number of pyridine rings is 1. The van der Waals surface area contributed by atoms with E-state index >= 15 is 0 Å². The van der Waals surface area contributed by atoms with Crippen LogP contribution in [0, 0.1) is 0 Å². The number of hydrogen-bond donors (Lipinski definition) is 1. The molecule has 2 heterocycles. The SMILES string of the molecule is CN(C)C1CCN(c2ccnc(CN)c2)C1. The van der Waals surface area contributed by atoms with Gasteiger partial charge in [-0.15, -0.1) is 0 Å². The third-order valence-corrected chi connectivity index (χ3v) is 3.27. The van der Waals surface area contributed by atoms with Gasteiger partial charge in [0.15, 0.2) is 0 Å². The molecular weight excluding hydrogens is 200 g/mol. The minimum absolute atomic E-state index is 0.513. The van der Waals surface area contributed by atoms with E-state index in [0.29, 0.717) is 12.6 Å². The Hall–Kier alpha value is -1.13. The highest BCUT2D eigenvalue weighted by Crippen LogP contribution is 2.22. The number of hydrogen-bond acceptors (Lipinski definition) is 4. The molecule has 88 valence electrons. The van der Waals surface area contributed by atoms with E-state index in [4.69, 9.17) is 5.73 Å². The second-order valence-corrected chi connectivity index (χ2v) is 4.56. The molecule has 1 aliphatic heterocycles. The number of nitrogens with two attached hydrogens (primary N) is 1. The maximum absolute atomic E-state index is 5.60.